The van der Waals surface area contributed by atoms with Crippen molar-refractivity contribution in [2.24, 2.45) is 0 Å². The van der Waals surface area contributed by atoms with Crippen LogP contribution < -0.4 is 15.5 Å². The van der Waals surface area contributed by atoms with E-state index >= 15 is 0 Å². The Balaban J connectivity index is 1.79. The summed E-state index contributed by atoms with van der Waals surface area (Å²) >= 11 is 0. The fourth-order valence-corrected chi connectivity index (χ4v) is 3.51. The second kappa shape index (κ2) is 8.91. The number of carbonyl (C=O) groups is 2. The summed E-state index contributed by atoms with van der Waals surface area (Å²) in [6.45, 7) is 7.52. The van der Waals surface area contributed by atoms with Gasteiger partial charge in [0.25, 0.3) is 0 Å². The molecule has 3 N–H and O–H groups in total. The summed E-state index contributed by atoms with van der Waals surface area (Å²) in [6.07, 6.45) is 0. The fraction of sp³-hybridized carbons (Fsp3) is 0.381. The quantitative estimate of drug-likeness (QED) is 0.597. The Morgan fingerprint density at radius 3 is 2.66 bits per heavy atom. The van der Waals surface area contributed by atoms with Gasteiger partial charge in [-0.15, -0.1) is 0 Å². The summed E-state index contributed by atoms with van der Waals surface area (Å²) in [6, 6.07) is 9.72. The van der Waals surface area contributed by atoms with Gasteiger partial charge in [-0.25, -0.2) is 14.3 Å². The number of nitrogens with zero attached hydrogens (tertiary/aromatic N) is 2. The summed E-state index contributed by atoms with van der Waals surface area (Å²) in [5.41, 5.74) is 5.32. The summed E-state index contributed by atoms with van der Waals surface area (Å²) in [4.78, 5) is 25.1. The first-order valence-corrected chi connectivity index (χ1v) is 9.76. The van der Waals surface area contributed by atoms with E-state index < -0.39 is 5.97 Å². The van der Waals surface area contributed by atoms with E-state index in [4.69, 9.17) is 9.84 Å². The summed E-state index contributed by atoms with van der Waals surface area (Å²) in [7, 11) is 2.03. The molecule has 29 heavy (non-hydrogen) atoms. The normalized spacial score (nSPS) is 15.0. The topological polar surface area (TPSA) is 89.7 Å². The standard InChI is InChI=1S/C21H27N5O3/c1-5-29-20(27)17-11-22-21(28)23-19(17)13-25(4)12-18-14(2)24-26(15(18)3)16-9-7-6-8-10-16/h6-10H,5,11-13H2,1-4H3,(H2,22,23,28)/p+1. The number of aromatic nitrogens is 2. The van der Waals surface area contributed by atoms with Crippen LogP contribution in [0.5, 0.6) is 0 Å². The second-order valence-corrected chi connectivity index (χ2v) is 7.19. The van der Waals surface area contributed by atoms with Crippen LogP contribution in [0.1, 0.15) is 23.9 Å². The summed E-state index contributed by atoms with van der Waals surface area (Å²) < 4.78 is 7.08. The van der Waals surface area contributed by atoms with Crippen LogP contribution in [0.15, 0.2) is 41.6 Å². The van der Waals surface area contributed by atoms with Crippen molar-refractivity contribution >= 4 is 12.0 Å². The Labute approximate surface area is 170 Å². The Hall–Kier alpha value is -3.13. The first-order chi connectivity index (χ1) is 13.9. The molecular formula is C21H28N5O3+. The number of hydrogen-bond acceptors (Lipinski definition) is 4. The third-order valence-corrected chi connectivity index (χ3v) is 4.98. The molecule has 2 heterocycles. The zero-order valence-corrected chi connectivity index (χ0v) is 17.3. The van der Waals surface area contributed by atoms with E-state index in [0.717, 1.165) is 27.5 Å². The van der Waals surface area contributed by atoms with Gasteiger partial charge in [0.15, 0.2) is 0 Å². The van der Waals surface area contributed by atoms with Crippen molar-refractivity contribution in [2.75, 3.05) is 26.7 Å². The smallest absolute Gasteiger partial charge is 0.337 e. The molecule has 8 heteroatoms. The maximum absolute atomic E-state index is 12.2. The molecule has 1 aromatic carbocycles. The van der Waals surface area contributed by atoms with E-state index in [-0.39, 0.29) is 12.6 Å². The third-order valence-electron chi connectivity index (χ3n) is 4.98. The minimum absolute atomic E-state index is 0.178. The van der Waals surface area contributed by atoms with Crippen LogP contribution in [0, 0.1) is 13.8 Å². The Kier molecular flexibility index (Phi) is 6.33. The van der Waals surface area contributed by atoms with E-state index in [1.54, 1.807) is 6.92 Å². The molecule has 2 amide bonds. The molecule has 3 rings (SSSR count). The van der Waals surface area contributed by atoms with E-state index in [2.05, 4.69) is 17.6 Å². The molecule has 1 atom stereocenters. The van der Waals surface area contributed by atoms with E-state index in [1.165, 1.54) is 0 Å². The van der Waals surface area contributed by atoms with Crippen LogP contribution in [0.4, 0.5) is 4.79 Å². The number of rotatable bonds is 7. The minimum Gasteiger partial charge on any atom is -0.463 e. The molecule has 154 valence electrons. The predicted molar refractivity (Wildman–Crippen MR) is 109 cm³/mol. The van der Waals surface area contributed by atoms with Gasteiger partial charge < -0.3 is 20.3 Å². The lowest BCUT2D eigenvalue weighted by atomic mass is 10.1. The number of para-hydroxylation sites is 1. The van der Waals surface area contributed by atoms with Crippen LogP contribution in [0.3, 0.4) is 0 Å². The van der Waals surface area contributed by atoms with E-state index in [0.29, 0.717) is 31.0 Å². The number of nitrogens with one attached hydrogen (secondary N) is 3. The maximum atomic E-state index is 12.2. The monoisotopic (exact) mass is 398 g/mol. The maximum Gasteiger partial charge on any atom is 0.337 e. The van der Waals surface area contributed by atoms with Crippen LogP contribution >= 0.6 is 0 Å². The van der Waals surface area contributed by atoms with Crippen molar-refractivity contribution in [2.45, 2.75) is 27.3 Å². The molecule has 0 spiro atoms. The number of urea groups is 1. The van der Waals surface area contributed by atoms with Crippen molar-refractivity contribution in [1.82, 2.24) is 20.4 Å². The molecule has 1 unspecified atom stereocenters. The van der Waals surface area contributed by atoms with Crippen molar-refractivity contribution in [3.8, 4) is 5.69 Å². The highest BCUT2D eigenvalue weighted by molar-refractivity contribution is 5.93. The zero-order chi connectivity index (χ0) is 21.0. The number of carbonyl (C=O) groups excluding carboxylic acids is 2. The molecule has 1 aliphatic heterocycles. The van der Waals surface area contributed by atoms with Gasteiger partial charge in [-0.1, -0.05) is 18.2 Å². The van der Waals surface area contributed by atoms with Crippen molar-refractivity contribution in [1.29, 1.82) is 0 Å². The van der Waals surface area contributed by atoms with Gasteiger partial charge in [-0.3, -0.25) is 0 Å². The molecule has 8 nitrogen and oxygen atoms in total. The highest BCUT2D eigenvalue weighted by Crippen LogP contribution is 2.17. The number of aryl methyl sites for hydroxylation is 1. The number of ether oxygens (including phenoxy) is 1. The second-order valence-electron chi connectivity index (χ2n) is 7.19. The Morgan fingerprint density at radius 1 is 1.24 bits per heavy atom. The highest BCUT2D eigenvalue weighted by atomic mass is 16.5. The van der Waals surface area contributed by atoms with Gasteiger partial charge >= 0.3 is 12.0 Å². The zero-order valence-electron chi connectivity index (χ0n) is 17.3. The lowest BCUT2D eigenvalue weighted by molar-refractivity contribution is -0.889. The van der Waals surface area contributed by atoms with Gasteiger partial charge in [-0.05, 0) is 32.9 Å². The molecular weight excluding hydrogens is 370 g/mol. The number of benzene rings is 1. The van der Waals surface area contributed by atoms with Gasteiger partial charge in [0, 0.05) is 0 Å². The number of likely N-dealkylation sites (N-methyl/N-ethyl adjacent to an activating group) is 1. The first kappa shape index (κ1) is 20.6. The lowest BCUT2D eigenvalue weighted by Gasteiger charge is -2.23. The highest BCUT2D eigenvalue weighted by Gasteiger charge is 2.26. The van der Waals surface area contributed by atoms with Crippen molar-refractivity contribution in [3.05, 3.63) is 58.6 Å². The van der Waals surface area contributed by atoms with Gasteiger partial charge in [0.05, 0.1) is 54.1 Å². The number of hydrogen-bond donors (Lipinski definition) is 3. The van der Waals surface area contributed by atoms with Gasteiger partial charge in [0.1, 0.15) is 13.1 Å². The molecule has 1 aliphatic rings. The van der Waals surface area contributed by atoms with Crippen LogP contribution in [0.25, 0.3) is 5.69 Å². The summed E-state index contributed by atoms with van der Waals surface area (Å²) in [5.74, 6) is -0.396. The summed E-state index contributed by atoms with van der Waals surface area (Å²) in [5, 5.41) is 10.1. The van der Waals surface area contributed by atoms with Crippen molar-refractivity contribution < 1.29 is 19.2 Å². The Bertz CT molecular complexity index is 933. The van der Waals surface area contributed by atoms with E-state index in [9.17, 15) is 9.59 Å². The third kappa shape index (κ3) is 4.65. The van der Waals surface area contributed by atoms with Crippen LogP contribution in [0.2, 0.25) is 0 Å². The molecule has 0 bridgehead atoms. The number of quaternary nitrogens is 1. The lowest BCUT2D eigenvalue weighted by Crippen LogP contribution is -3.08. The average Bonchev–Trinajstić information content (AvgIpc) is 2.97. The van der Waals surface area contributed by atoms with E-state index in [1.807, 2.05) is 49.0 Å². The van der Waals surface area contributed by atoms with Crippen LogP contribution in [-0.2, 0) is 16.1 Å². The molecule has 0 saturated carbocycles. The molecule has 1 aromatic heterocycles. The molecule has 0 aliphatic carbocycles. The molecule has 0 fully saturated rings. The largest absolute Gasteiger partial charge is 0.463 e. The molecule has 0 radical (unpaired) electrons. The number of esters is 1. The molecule has 0 saturated heterocycles. The minimum atomic E-state index is -0.396. The van der Waals surface area contributed by atoms with Crippen LogP contribution in [-0.4, -0.2) is 48.5 Å². The van der Waals surface area contributed by atoms with Gasteiger partial charge in [-0.2, -0.15) is 5.10 Å². The predicted octanol–water partition coefficient (Wildman–Crippen LogP) is 0.634. The first-order valence-electron chi connectivity index (χ1n) is 9.76. The van der Waals surface area contributed by atoms with Gasteiger partial charge in [0.2, 0.25) is 0 Å². The molecule has 2 aromatic rings. The average molecular weight is 398 g/mol. The fourth-order valence-electron chi connectivity index (χ4n) is 3.51. The number of amides is 2. The Morgan fingerprint density at radius 2 is 1.97 bits per heavy atom. The SMILES string of the molecule is CCOC(=O)C1=C(C[NH+](C)Cc2c(C)nn(-c3ccccc3)c2C)NC(=O)NC1. The van der Waals surface area contributed by atoms with Crippen molar-refractivity contribution in [3.63, 3.8) is 0 Å².